The van der Waals surface area contributed by atoms with Crippen molar-refractivity contribution < 1.29 is 4.42 Å². The van der Waals surface area contributed by atoms with Crippen LogP contribution in [0.4, 0.5) is 17.1 Å². The normalized spacial score (nSPS) is 12.9. The topological polar surface area (TPSA) is 16.4 Å². The molecule has 1 aromatic heterocycles. The summed E-state index contributed by atoms with van der Waals surface area (Å²) in [6, 6.07) is 86.3. The van der Waals surface area contributed by atoms with Crippen molar-refractivity contribution in [3.8, 4) is 55.6 Å². The molecule has 2 aliphatic carbocycles. The van der Waals surface area contributed by atoms with E-state index in [-0.39, 0.29) is 0 Å². The zero-order valence-electron chi connectivity index (χ0n) is 34.4. The van der Waals surface area contributed by atoms with Crippen molar-refractivity contribution in [1.29, 1.82) is 0 Å². The Morgan fingerprint density at radius 3 is 1.22 bits per heavy atom. The second kappa shape index (κ2) is 13.9. The maximum absolute atomic E-state index is 7.54. The second-order valence-corrected chi connectivity index (χ2v) is 16.7. The summed E-state index contributed by atoms with van der Waals surface area (Å²) in [5, 5.41) is 2.19. The minimum absolute atomic E-state index is 0.629. The molecule has 0 aliphatic heterocycles. The van der Waals surface area contributed by atoms with Gasteiger partial charge in [0, 0.05) is 33.3 Å². The molecule has 0 atom stereocenters. The first-order valence-electron chi connectivity index (χ1n) is 21.8. The molecule has 63 heavy (non-hydrogen) atoms. The number of furan rings is 1. The first kappa shape index (κ1) is 35.5. The van der Waals surface area contributed by atoms with Gasteiger partial charge in [0.25, 0.3) is 0 Å². The van der Waals surface area contributed by atoms with Crippen molar-refractivity contribution >= 4 is 39.0 Å². The number of nitrogens with zero attached hydrogens (tertiary/aromatic N) is 1. The van der Waals surface area contributed by atoms with Crippen molar-refractivity contribution in [2.24, 2.45) is 0 Å². The van der Waals surface area contributed by atoms with Gasteiger partial charge in [-0.15, -0.1) is 0 Å². The minimum Gasteiger partial charge on any atom is -0.453 e. The number of benzene rings is 10. The third-order valence-electron chi connectivity index (χ3n) is 13.5. The summed E-state index contributed by atoms with van der Waals surface area (Å²) in [7, 11) is 0. The molecule has 0 bridgehead atoms. The van der Waals surface area contributed by atoms with Crippen LogP contribution in [0.1, 0.15) is 22.3 Å². The molecule has 0 fully saturated rings. The molecule has 2 nitrogen and oxygen atoms in total. The van der Waals surface area contributed by atoms with Gasteiger partial charge >= 0.3 is 0 Å². The first-order chi connectivity index (χ1) is 31.3. The molecule has 0 saturated carbocycles. The Morgan fingerprint density at radius 2 is 0.714 bits per heavy atom. The highest BCUT2D eigenvalue weighted by Gasteiger charge is 2.54. The van der Waals surface area contributed by atoms with Gasteiger partial charge in [-0.1, -0.05) is 206 Å². The molecule has 0 N–H and O–H groups in total. The van der Waals surface area contributed by atoms with E-state index in [2.05, 4.69) is 241 Å². The lowest BCUT2D eigenvalue weighted by Crippen LogP contribution is -2.28. The van der Waals surface area contributed by atoms with Gasteiger partial charge in [-0.25, -0.2) is 0 Å². The van der Waals surface area contributed by atoms with Gasteiger partial charge < -0.3 is 9.32 Å². The molecule has 0 amide bonds. The highest BCUT2D eigenvalue weighted by atomic mass is 16.3. The fourth-order valence-electron chi connectivity index (χ4n) is 10.8. The van der Waals surface area contributed by atoms with Crippen molar-refractivity contribution in [2.75, 3.05) is 4.90 Å². The number of hydrogen-bond donors (Lipinski definition) is 0. The third-order valence-corrected chi connectivity index (χ3v) is 13.5. The van der Waals surface area contributed by atoms with Crippen LogP contribution in [0.5, 0.6) is 0 Å². The Bertz CT molecular complexity index is 3400. The zero-order chi connectivity index (χ0) is 41.5. The van der Waals surface area contributed by atoms with Crippen LogP contribution in [-0.4, -0.2) is 0 Å². The predicted molar refractivity (Wildman–Crippen MR) is 261 cm³/mol. The Balaban J connectivity index is 1.19. The molecule has 0 radical (unpaired) electrons. The van der Waals surface area contributed by atoms with Crippen LogP contribution in [0.2, 0.25) is 0 Å². The first-order valence-corrected chi connectivity index (χ1v) is 21.8. The highest BCUT2D eigenvalue weighted by Crippen LogP contribution is 2.67. The molecule has 13 rings (SSSR count). The third kappa shape index (κ3) is 5.19. The number of hydrogen-bond acceptors (Lipinski definition) is 2. The maximum Gasteiger partial charge on any atom is 0.159 e. The largest absolute Gasteiger partial charge is 0.453 e. The van der Waals surface area contributed by atoms with E-state index in [1.165, 1.54) is 66.8 Å². The Labute approximate surface area is 366 Å². The Kier molecular flexibility index (Phi) is 7.85. The summed E-state index contributed by atoms with van der Waals surface area (Å²) in [4.78, 5) is 2.48. The van der Waals surface area contributed by atoms with Crippen LogP contribution < -0.4 is 4.90 Å². The van der Waals surface area contributed by atoms with E-state index in [1.54, 1.807) is 0 Å². The summed E-state index contributed by atoms with van der Waals surface area (Å²) in [6.45, 7) is 0. The van der Waals surface area contributed by atoms with Crippen LogP contribution in [0.3, 0.4) is 0 Å². The standard InChI is InChI=1S/C61H39NO/c1-4-17-40(18-5-1)42-31-35-45(36-32-42)62(46-37-33-43(34-38-46)41-19-6-2-7-20-41)58-57-52(39-53-51-27-16-26-47(59(51)63-60(53)58)44-21-8-3-9-22-44)50-25-12-15-30-56(50)61(57)54-28-13-10-23-48(54)49-24-11-14-29-55(49)61/h1-39H. The fraction of sp³-hybridized carbons (Fsp3) is 0.0164. The van der Waals surface area contributed by atoms with Gasteiger partial charge in [0.1, 0.15) is 5.58 Å². The number of anilines is 3. The average Bonchev–Trinajstić information content (AvgIpc) is 3.99. The van der Waals surface area contributed by atoms with Gasteiger partial charge in [0.15, 0.2) is 5.58 Å². The summed E-state index contributed by atoms with van der Waals surface area (Å²) in [5.74, 6) is 0. The van der Waals surface area contributed by atoms with Gasteiger partial charge in [-0.3, -0.25) is 0 Å². The smallest absolute Gasteiger partial charge is 0.159 e. The van der Waals surface area contributed by atoms with Crippen molar-refractivity contribution in [2.45, 2.75) is 5.41 Å². The molecular weight excluding hydrogens is 763 g/mol. The SMILES string of the molecule is c1ccc(-c2ccc(N(c3ccc(-c4ccccc4)cc3)c3c4c(cc5c3oc3c(-c6ccccc6)cccc35)-c3ccccc3C43c4ccccc4-c4ccccc43)cc2)cc1. The summed E-state index contributed by atoms with van der Waals surface area (Å²) < 4.78 is 7.54. The van der Waals surface area contributed by atoms with Gasteiger partial charge in [-0.05, 0) is 97.1 Å². The predicted octanol–water partition coefficient (Wildman–Crippen LogP) is 16.4. The fourth-order valence-corrected chi connectivity index (χ4v) is 10.8. The number of rotatable bonds is 6. The van der Waals surface area contributed by atoms with E-state index in [0.29, 0.717) is 0 Å². The lowest BCUT2D eigenvalue weighted by Gasteiger charge is -2.36. The van der Waals surface area contributed by atoms with Crippen LogP contribution in [0.25, 0.3) is 77.6 Å². The molecule has 0 unspecified atom stereocenters. The zero-order valence-corrected chi connectivity index (χ0v) is 34.4. The van der Waals surface area contributed by atoms with E-state index in [1.807, 2.05) is 0 Å². The summed E-state index contributed by atoms with van der Waals surface area (Å²) in [6.07, 6.45) is 0. The van der Waals surface area contributed by atoms with Crippen molar-refractivity contribution in [1.82, 2.24) is 0 Å². The average molecular weight is 802 g/mol. The van der Waals surface area contributed by atoms with Crippen LogP contribution in [-0.2, 0) is 5.41 Å². The summed E-state index contributed by atoms with van der Waals surface area (Å²) in [5.41, 5.74) is 21.3. The number of para-hydroxylation sites is 1. The lowest BCUT2D eigenvalue weighted by atomic mass is 9.69. The van der Waals surface area contributed by atoms with E-state index in [0.717, 1.165) is 50.1 Å². The van der Waals surface area contributed by atoms with E-state index < -0.39 is 5.41 Å². The van der Waals surface area contributed by atoms with Crippen LogP contribution >= 0.6 is 0 Å². The second-order valence-electron chi connectivity index (χ2n) is 16.7. The van der Waals surface area contributed by atoms with E-state index in [4.69, 9.17) is 4.42 Å². The van der Waals surface area contributed by atoms with Crippen molar-refractivity contribution in [3.63, 3.8) is 0 Å². The van der Waals surface area contributed by atoms with E-state index in [9.17, 15) is 0 Å². The minimum atomic E-state index is -0.629. The molecule has 10 aromatic carbocycles. The quantitative estimate of drug-likeness (QED) is 0.167. The van der Waals surface area contributed by atoms with E-state index >= 15 is 0 Å². The molecule has 2 heteroatoms. The van der Waals surface area contributed by atoms with Gasteiger partial charge in [0.2, 0.25) is 0 Å². The molecule has 294 valence electrons. The Hall–Kier alpha value is -8.20. The molecule has 1 spiro atoms. The van der Waals surface area contributed by atoms with Crippen LogP contribution in [0, 0.1) is 0 Å². The van der Waals surface area contributed by atoms with Crippen molar-refractivity contribution in [3.05, 3.63) is 259 Å². The maximum atomic E-state index is 7.54. The van der Waals surface area contributed by atoms with Crippen LogP contribution in [0.15, 0.2) is 241 Å². The molecular formula is C61H39NO. The monoisotopic (exact) mass is 801 g/mol. The molecule has 2 aliphatic rings. The van der Waals surface area contributed by atoms with Gasteiger partial charge in [-0.2, -0.15) is 0 Å². The molecule has 1 heterocycles. The molecule has 0 saturated heterocycles. The highest BCUT2D eigenvalue weighted by molar-refractivity contribution is 6.18. The summed E-state index contributed by atoms with van der Waals surface area (Å²) >= 11 is 0. The number of fused-ring (bicyclic) bond motifs is 13. The van der Waals surface area contributed by atoms with Gasteiger partial charge in [0.05, 0.1) is 11.1 Å². The lowest BCUT2D eigenvalue weighted by molar-refractivity contribution is 0.668. The Morgan fingerprint density at radius 1 is 0.302 bits per heavy atom. The molecule has 11 aromatic rings.